The van der Waals surface area contributed by atoms with Crippen molar-refractivity contribution >= 4 is 28.8 Å². The molecule has 0 saturated carbocycles. The van der Waals surface area contributed by atoms with Gasteiger partial charge in [-0.3, -0.25) is 14.5 Å². The van der Waals surface area contributed by atoms with Crippen LogP contribution in [0.2, 0.25) is 0 Å². The Hall–Kier alpha value is -2.25. The fourth-order valence-electron chi connectivity index (χ4n) is 2.64. The first-order valence-electron chi connectivity index (χ1n) is 8.70. The Kier molecular flexibility index (Phi) is 7.10. The van der Waals surface area contributed by atoms with Crippen molar-refractivity contribution in [2.24, 2.45) is 0 Å². The molecule has 146 valence electrons. The number of likely N-dealkylation sites (N-methyl/N-ethyl adjacent to an activating group) is 1. The smallest absolute Gasteiger partial charge is 0.244 e. The van der Waals surface area contributed by atoms with E-state index in [1.807, 2.05) is 44.2 Å². The molecular weight excluding hydrogens is 365 g/mol. The van der Waals surface area contributed by atoms with Crippen LogP contribution in [0.5, 0.6) is 0 Å². The highest BCUT2D eigenvalue weighted by Gasteiger charge is 2.29. The zero-order valence-corrected chi connectivity index (χ0v) is 17.0. The van der Waals surface area contributed by atoms with Gasteiger partial charge >= 0.3 is 0 Å². The third-order valence-electron chi connectivity index (χ3n) is 3.98. The number of hydrogen-bond acceptors (Lipinski definition) is 4. The van der Waals surface area contributed by atoms with Gasteiger partial charge in [0, 0.05) is 17.8 Å². The Labute approximate surface area is 163 Å². The van der Waals surface area contributed by atoms with E-state index in [1.165, 1.54) is 24.3 Å². The van der Waals surface area contributed by atoms with Crippen LogP contribution in [0.1, 0.15) is 26.3 Å². The molecule has 0 spiro atoms. The highest BCUT2D eigenvalue weighted by atomic mass is 32.1. The fraction of sp³-hybridized carbons (Fsp3) is 0.400. The average Bonchev–Trinajstić information content (AvgIpc) is 3.06. The molecule has 1 heterocycles. The summed E-state index contributed by atoms with van der Waals surface area (Å²) >= 11 is 1.62. The number of halogens is 1. The van der Waals surface area contributed by atoms with Gasteiger partial charge in [0.15, 0.2) is 0 Å². The normalized spacial score (nSPS) is 11.5. The number of benzene rings is 1. The highest BCUT2D eigenvalue weighted by Crippen LogP contribution is 2.16. The molecule has 0 radical (unpaired) electrons. The molecule has 0 aliphatic rings. The molecule has 7 heteroatoms. The number of anilines is 1. The predicted molar refractivity (Wildman–Crippen MR) is 107 cm³/mol. The summed E-state index contributed by atoms with van der Waals surface area (Å²) < 4.78 is 13.0. The molecule has 1 aromatic carbocycles. The maximum Gasteiger partial charge on any atom is 0.244 e. The maximum absolute atomic E-state index is 13.0. The van der Waals surface area contributed by atoms with Crippen molar-refractivity contribution in [2.45, 2.75) is 32.9 Å². The first-order chi connectivity index (χ1) is 12.6. The molecule has 27 heavy (non-hydrogen) atoms. The van der Waals surface area contributed by atoms with Gasteiger partial charge in [-0.05, 0) is 74.5 Å². The minimum Gasteiger partial charge on any atom is -0.327 e. The quantitative estimate of drug-likeness (QED) is 0.785. The molecule has 0 unspecified atom stereocenters. The molecule has 0 atom stereocenters. The molecule has 2 amide bonds. The summed E-state index contributed by atoms with van der Waals surface area (Å²) in [7, 11) is 1.88. The zero-order valence-electron chi connectivity index (χ0n) is 16.2. The van der Waals surface area contributed by atoms with Crippen LogP contribution < -0.4 is 5.32 Å². The van der Waals surface area contributed by atoms with Crippen LogP contribution in [0.3, 0.4) is 0 Å². The number of nitrogens with zero attached hydrogens (tertiary/aromatic N) is 2. The molecule has 1 N–H and O–H groups in total. The maximum atomic E-state index is 13.0. The van der Waals surface area contributed by atoms with Crippen molar-refractivity contribution in [2.75, 3.05) is 25.5 Å². The lowest BCUT2D eigenvalue weighted by atomic mass is 10.1. The Morgan fingerprint density at radius 2 is 1.78 bits per heavy atom. The summed E-state index contributed by atoms with van der Waals surface area (Å²) in [5.41, 5.74) is 1.16. The van der Waals surface area contributed by atoms with E-state index in [1.54, 1.807) is 16.2 Å². The van der Waals surface area contributed by atoms with Gasteiger partial charge in [-0.1, -0.05) is 0 Å². The lowest BCUT2D eigenvalue weighted by molar-refractivity contribution is -0.140. The Bertz CT molecular complexity index is 755. The van der Waals surface area contributed by atoms with Crippen molar-refractivity contribution in [3.8, 4) is 0 Å². The van der Waals surface area contributed by atoms with E-state index in [2.05, 4.69) is 10.7 Å². The third-order valence-corrected chi connectivity index (χ3v) is 4.71. The van der Waals surface area contributed by atoms with Crippen molar-refractivity contribution in [3.05, 3.63) is 52.5 Å². The summed E-state index contributed by atoms with van der Waals surface area (Å²) in [4.78, 5) is 28.7. The van der Waals surface area contributed by atoms with E-state index >= 15 is 0 Å². The van der Waals surface area contributed by atoms with Crippen LogP contribution in [-0.4, -0.2) is 47.3 Å². The molecule has 0 saturated heterocycles. The molecule has 0 bridgehead atoms. The molecule has 5 nitrogen and oxygen atoms in total. The summed E-state index contributed by atoms with van der Waals surface area (Å²) in [5, 5.41) is 6.76. The summed E-state index contributed by atoms with van der Waals surface area (Å²) in [6, 6.07) is 7.57. The number of amides is 2. The molecule has 0 fully saturated rings. The first kappa shape index (κ1) is 21.1. The molecule has 1 aromatic heterocycles. The number of nitrogens with one attached hydrogen (secondary N) is 1. The molecule has 0 aliphatic heterocycles. The summed E-state index contributed by atoms with van der Waals surface area (Å²) in [6.07, 6.45) is 0. The van der Waals surface area contributed by atoms with E-state index in [0.717, 1.165) is 5.56 Å². The minimum absolute atomic E-state index is 0.0635. The Morgan fingerprint density at radius 1 is 1.11 bits per heavy atom. The SMILES string of the molecule is CN(CC(=O)N(CC(=O)Nc1ccc(F)cc1)C(C)(C)C)Cc1ccsc1. The minimum atomic E-state index is -0.500. The van der Waals surface area contributed by atoms with E-state index < -0.39 is 5.54 Å². The van der Waals surface area contributed by atoms with Crippen molar-refractivity contribution in [1.29, 1.82) is 0 Å². The van der Waals surface area contributed by atoms with E-state index in [0.29, 0.717) is 12.2 Å². The van der Waals surface area contributed by atoms with E-state index in [4.69, 9.17) is 0 Å². The molecule has 2 rings (SSSR count). The standard InChI is InChI=1S/C20H26FN3O2S/c1-20(2,3)24(12-18(25)22-17-7-5-16(21)6-8-17)19(26)13-23(4)11-15-9-10-27-14-15/h5-10,14H,11-13H2,1-4H3,(H,22,25). The third kappa shape index (κ3) is 6.77. The molecular formula is C20H26FN3O2S. The second-order valence-electron chi connectivity index (χ2n) is 7.51. The van der Waals surface area contributed by atoms with Crippen LogP contribution in [0.15, 0.2) is 41.1 Å². The van der Waals surface area contributed by atoms with Crippen LogP contribution in [0, 0.1) is 5.82 Å². The van der Waals surface area contributed by atoms with Crippen molar-refractivity contribution in [3.63, 3.8) is 0 Å². The van der Waals surface area contributed by atoms with Gasteiger partial charge in [0.2, 0.25) is 11.8 Å². The number of hydrogen-bond donors (Lipinski definition) is 1. The fourth-order valence-corrected chi connectivity index (χ4v) is 3.30. The van der Waals surface area contributed by atoms with Crippen molar-refractivity contribution in [1.82, 2.24) is 9.80 Å². The van der Waals surface area contributed by atoms with Gasteiger partial charge in [0.25, 0.3) is 0 Å². The lowest BCUT2D eigenvalue weighted by Crippen LogP contribution is -2.52. The number of thiophene rings is 1. The van der Waals surface area contributed by atoms with E-state index in [9.17, 15) is 14.0 Å². The molecule has 0 aliphatic carbocycles. The average molecular weight is 392 g/mol. The van der Waals surface area contributed by atoms with Gasteiger partial charge < -0.3 is 10.2 Å². The van der Waals surface area contributed by atoms with Gasteiger partial charge in [0.1, 0.15) is 12.4 Å². The topological polar surface area (TPSA) is 52.7 Å². The van der Waals surface area contributed by atoms with E-state index in [-0.39, 0.29) is 30.7 Å². The molecule has 2 aromatic rings. The largest absolute Gasteiger partial charge is 0.327 e. The predicted octanol–water partition coefficient (Wildman–Crippen LogP) is 3.58. The second-order valence-corrected chi connectivity index (χ2v) is 8.29. The number of carbonyl (C=O) groups excluding carboxylic acids is 2. The van der Waals surface area contributed by atoms with Crippen LogP contribution in [0.25, 0.3) is 0 Å². The Balaban J connectivity index is 1.97. The van der Waals surface area contributed by atoms with Gasteiger partial charge in [-0.2, -0.15) is 11.3 Å². The highest BCUT2D eigenvalue weighted by molar-refractivity contribution is 7.07. The summed E-state index contributed by atoms with van der Waals surface area (Å²) in [5.74, 6) is -0.798. The zero-order chi connectivity index (χ0) is 20.0. The Morgan fingerprint density at radius 3 is 2.33 bits per heavy atom. The number of carbonyl (C=O) groups is 2. The monoisotopic (exact) mass is 391 g/mol. The number of rotatable bonds is 7. The second kappa shape index (κ2) is 9.10. The van der Waals surface area contributed by atoms with Crippen LogP contribution >= 0.6 is 11.3 Å². The van der Waals surface area contributed by atoms with Gasteiger partial charge in [0.05, 0.1) is 6.54 Å². The van der Waals surface area contributed by atoms with Crippen LogP contribution in [0.4, 0.5) is 10.1 Å². The van der Waals surface area contributed by atoms with Crippen molar-refractivity contribution < 1.29 is 14.0 Å². The first-order valence-corrected chi connectivity index (χ1v) is 9.65. The lowest BCUT2D eigenvalue weighted by Gasteiger charge is -2.36. The summed E-state index contributed by atoms with van der Waals surface area (Å²) in [6.45, 7) is 6.52. The van der Waals surface area contributed by atoms with Gasteiger partial charge in [-0.25, -0.2) is 4.39 Å². The van der Waals surface area contributed by atoms with Gasteiger partial charge in [-0.15, -0.1) is 0 Å². The van der Waals surface area contributed by atoms with Crippen LogP contribution in [-0.2, 0) is 16.1 Å².